The monoisotopic (exact) mass is 299 g/mol. The number of halogens is 1. The highest BCUT2D eigenvalue weighted by molar-refractivity contribution is 6.30. The summed E-state index contributed by atoms with van der Waals surface area (Å²) in [5.41, 5.74) is 8.72. The van der Waals surface area contributed by atoms with E-state index in [1.54, 1.807) is 0 Å². The third-order valence-electron chi connectivity index (χ3n) is 3.18. The van der Waals surface area contributed by atoms with Crippen molar-refractivity contribution in [2.45, 2.75) is 12.8 Å². The number of hydrogen-bond acceptors (Lipinski definition) is 4. The fraction of sp³-hybridized carbons (Fsp3) is 0.125. The van der Waals surface area contributed by atoms with E-state index in [-0.39, 0.29) is 0 Å². The van der Waals surface area contributed by atoms with Gasteiger partial charge in [0.1, 0.15) is 0 Å². The molecular weight excluding hydrogens is 286 g/mol. The molecule has 3 aromatic rings. The SMILES string of the molecule is Nc1ccccc1Cc1nc(Cc2ccc(Cl)cc2)no1. The number of nitrogens with zero attached hydrogens (tertiary/aromatic N) is 2. The van der Waals surface area contributed by atoms with E-state index < -0.39 is 0 Å². The summed E-state index contributed by atoms with van der Waals surface area (Å²) in [4.78, 5) is 4.40. The van der Waals surface area contributed by atoms with Gasteiger partial charge in [0.15, 0.2) is 5.82 Å². The minimum Gasteiger partial charge on any atom is -0.398 e. The van der Waals surface area contributed by atoms with Crippen LogP contribution in [-0.4, -0.2) is 10.1 Å². The standard InChI is InChI=1S/C16H14ClN3O/c17-13-7-5-11(6-8-13)9-15-19-16(21-20-15)10-12-3-1-2-4-14(12)18/h1-8H,9-10,18H2. The smallest absolute Gasteiger partial charge is 0.231 e. The minimum atomic E-state index is 0.542. The molecule has 1 aromatic heterocycles. The molecule has 0 saturated carbocycles. The topological polar surface area (TPSA) is 64.9 Å². The van der Waals surface area contributed by atoms with Crippen LogP contribution in [0.4, 0.5) is 5.69 Å². The first kappa shape index (κ1) is 13.6. The lowest BCUT2D eigenvalue weighted by Crippen LogP contribution is -1.96. The second kappa shape index (κ2) is 5.97. The van der Waals surface area contributed by atoms with Gasteiger partial charge in [0.2, 0.25) is 5.89 Å². The van der Waals surface area contributed by atoms with Gasteiger partial charge in [-0.2, -0.15) is 4.98 Å². The summed E-state index contributed by atoms with van der Waals surface area (Å²) in [6.07, 6.45) is 1.16. The molecule has 106 valence electrons. The Labute approximate surface area is 127 Å². The first-order chi connectivity index (χ1) is 10.2. The maximum Gasteiger partial charge on any atom is 0.231 e. The molecule has 0 fully saturated rings. The number of nitrogen functional groups attached to an aromatic ring is 1. The van der Waals surface area contributed by atoms with Gasteiger partial charge in [-0.05, 0) is 29.3 Å². The quantitative estimate of drug-likeness (QED) is 0.749. The molecule has 0 spiro atoms. The van der Waals surface area contributed by atoms with E-state index in [9.17, 15) is 0 Å². The predicted octanol–water partition coefficient (Wildman–Crippen LogP) is 3.49. The summed E-state index contributed by atoms with van der Waals surface area (Å²) in [7, 11) is 0. The van der Waals surface area contributed by atoms with Crippen molar-refractivity contribution < 1.29 is 4.52 Å². The second-order valence-electron chi connectivity index (χ2n) is 4.78. The highest BCUT2D eigenvalue weighted by Gasteiger charge is 2.09. The van der Waals surface area contributed by atoms with Gasteiger partial charge in [0.25, 0.3) is 0 Å². The van der Waals surface area contributed by atoms with Gasteiger partial charge in [0.05, 0.1) is 6.42 Å². The average Bonchev–Trinajstić information content (AvgIpc) is 2.91. The van der Waals surface area contributed by atoms with Crippen LogP contribution >= 0.6 is 11.6 Å². The Morgan fingerprint density at radius 2 is 1.76 bits per heavy atom. The Morgan fingerprint density at radius 3 is 2.52 bits per heavy atom. The average molecular weight is 300 g/mol. The molecule has 2 aromatic carbocycles. The molecule has 0 aliphatic rings. The highest BCUT2D eigenvalue weighted by Crippen LogP contribution is 2.16. The van der Waals surface area contributed by atoms with E-state index in [1.165, 1.54) is 0 Å². The summed E-state index contributed by atoms with van der Waals surface area (Å²) < 4.78 is 5.28. The normalized spacial score (nSPS) is 10.7. The third kappa shape index (κ3) is 3.41. The summed E-state index contributed by atoms with van der Waals surface area (Å²) in [6, 6.07) is 15.3. The Kier molecular flexibility index (Phi) is 3.88. The Hall–Kier alpha value is -2.33. The van der Waals surface area contributed by atoms with E-state index in [0.717, 1.165) is 16.8 Å². The van der Waals surface area contributed by atoms with Gasteiger partial charge in [-0.15, -0.1) is 0 Å². The van der Waals surface area contributed by atoms with Crippen molar-refractivity contribution in [1.82, 2.24) is 10.1 Å². The number of benzene rings is 2. The van der Waals surface area contributed by atoms with E-state index in [0.29, 0.717) is 29.6 Å². The van der Waals surface area contributed by atoms with Crippen LogP contribution < -0.4 is 5.73 Å². The summed E-state index contributed by atoms with van der Waals surface area (Å²) in [6.45, 7) is 0. The van der Waals surface area contributed by atoms with Crippen molar-refractivity contribution in [3.8, 4) is 0 Å². The van der Waals surface area contributed by atoms with Crippen molar-refractivity contribution in [1.29, 1.82) is 0 Å². The zero-order valence-corrected chi connectivity index (χ0v) is 12.0. The number of hydrogen-bond donors (Lipinski definition) is 1. The zero-order valence-electron chi connectivity index (χ0n) is 11.3. The summed E-state index contributed by atoms with van der Waals surface area (Å²) in [5.74, 6) is 1.22. The van der Waals surface area contributed by atoms with Crippen LogP contribution in [0.25, 0.3) is 0 Å². The van der Waals surface area contributed by atoms with Crippen LogP contribution in [0.1, 0.15) is 22.8 Å². The minimum absolute atomic E-state index is 0.542. The van der Waals surface area contributed by atoms with Gasteiger partial charge >= 0.3 is 0 Å². The third-order valence-corrected chi connectivity index (χ3v) is 3.43. The van der Waals surface area contributed by atoms with Gasteiger partial charge < -0.3 is 10.3 Å². The van der Waals surface area contributed by atoms with E-state index >= 15 is 0 Å². The maximum absolute atomic E-state index is 5.91. The van der Waals surface area contributed by atoms with Crippen molar-refractivity contribution >= 4 is 17.3 Å². The summed E-state index contributed by atoms with van der Waals surface area (Å²) in [5, 5.41) is 4.71. The van der Waals surface area contributed by atoms with Gasteiger partial charge in [-0.1, -0.05) is 47.1 Å². The van der Waals surface area contributed by atoms with Crippen molar-refractivity contribution in [3.63, 3.8) is 0 Å². The van der Waals surface area contributed by atoms with Crippen LogP contribution in [0.15, 0.2) is 53.1 Å². The van der Waals surface area contributed by atoms with Crippen LogP contribution in [0.5, 0.6) is 0 Å². The molecular formula is C16H14ClN3O. The fourth-order valence-electron chi connectivity index (χ4n) is 2.08. The lowest BCUT2D eigenvalue weighted by molar-refractivity contribution is 0.380. The first-order valence-corrected chi connectivity index (χ1v) is 6.98. The molecule has 0 aliphatic heterocycles. The Balaban J connectivity index is 1.72. The number of anilines is 1. The van der Waals surface area contributed by atoms with Crippen LogP contribution in [0, 0.1) is 0 Å². The van der Waals surface area contributed by atoms with Crippen LogP contribution in [-0.2, 0) is 12.8 Å². The van der Waals surface area contributed by atoms with Crippen molar-refractivity contribution in [2.75, 3.05) is 5.73 Å². The van der Waals surface area contributed by atoms with Crippen LogP contribution in [0.2, 0.25) is 5.02 Å². The van der Waals surface area contributed by atoms with Crippen molar-refractivity contribution in [2.24, 2.45) is 0 Å². The van der Waals surface area contributed by atoms with Gasteiger partial charge in [-0.3, -0.25) is 0 Å². The molecule has 0 unspecified atom stereocenters. The molecule has 3 rings (SSSR count). The van der Waals surface area contributed by atoms with Crippen LogP contribution in [0.3, 0.4) is 0 Å². The van der Waals surface area contributed by atoms with E-state index in [4.69, 9.17) is 21.9 Å². The Morgan fingerprint density at radius 1 is 1.00 bits per heavy atom. The molecule has 2 N–H and O–H groups in total. The molecule has 0 saturated heterocycles. The first-order valence-electron chi connectivity index (χ1n) is 6.60. The molecule has 4 nitrogen and oxygen atoms in total. The zero-order chi connectivity index (χ0) is 14.7. The highest BCUT2D eigenvalue weighted by atomic mass is 35.5. The maximum atomic E-state index is 5.91. The number of rotatable bonds is 4. The van der Waals surface area contributed by atoms with Crippen molar-refractivity contribution in [3.05, 3.63) is 76.4 Å². The van der Waals surface area contributed by atoms with E-state index in [2.05, 4.69) is 10.1 Å². The number of para-hydroxylation sites is 1. The number of aromatic nitrogens is 2. The lowest BCUT2D eigenvalue weighted by atomic mass is 10.1. The number of nitrogens with two attached hydrogens (primary N) is 1. The molecule has 0 amide bonds. The van der Waals surface area contributed by atoms with E-state index in [1.807, 2.05) is 48.5 Å². The largest absolute Gasteiger partial charge is 0.398 e. The van der Waals surface area contributed by atoms with Gasteiger partial charge in [-0.25, -0.2) is 0 Å². The molecule has 0 radical (unpaired) electrons. The molecule has 5 heteroatoms. The molecule has 0 atom stereocenters. The molecule has 21 heavy (non-hydrogen) atoms. The second-order valence-corrected chi connectivity index (χ2v) is 5.22. The molecule has 0 aliphatic carbocycles. The molecule has 0 bridgehead atoms. The Bertz CT molecular complexity index is 737. The van der Waals surface area contributed by atoms with Gasteiger partial charge in [0, 0.05) is 17.1 Å². The summed E-state index contributed by atoms with van der Waals surface area (Å²) >= 11 is 5.86. The fourth-order valence-corrected chi connectivity index (χ4v) is 2.20. The predicted molar refractivity (Wildman–Crippen MR) is 82.2 cm³/mol. The lowest BCUT2D eigenvalue weighted by Gasteiger charge is -2.00. The molecule has 1 heterocycles.